The van der Waals surface area contributed by atoms with Gasteiger partial charge in [-0.1, -0.05) is 20.8 Å². The molecule has 0 heterocycles. The Balaban J connectivity index is 3.70. The summed E-state index contributed by atoms with van der Waals surface area (Å²) in [6.07, 6.45) is 3.45. The molecule has 3 N–H and O–H groups in total. The van der Waals surface area contributed by atoms with Crippen LogP contribution in [-0.2, 0) is 4.79 Å². The van der Waals surface area contributed by atoms with Crippen molar-refractivity contribution in [3.63, 3.8) is 0 Å². The molecule has 0 aromatic rings. The number of carbonyl (C=O) groups is 1. The third-order valence-electron chi connectivity index (χ3n) is 3.39. The van der Waals surface area contributed by atoms with Crippen molar-refractivity contribution in [2.45, 2.75) is 65.5 Å². The molecule has 2 unspecified atom stereocenters. The van der Waals surface area contributed by atoms with Crippen LogP contribution >= 0.6 is 0 Å². The van der Waals surface area contributed by atoms with Gasteiger partial charge in [0.05, 0.1) is 0 Å². The van der Waals surface area contributed by atoms with Crippen LogP contribution in [0.1, 0.15) is 53.4 Å². The highest BCUT2D eigenvalue weighted by Gasteiger charge is 2.10. The molecular weight excluding hydrogens is 226 g/mol. The minimum Gasteiger partial charge on any atom is -0.354 e. The maximum atomic E-state index is 11.6. The van der Waals surface area contributed by atoms with E-state index in [1.807, 2.05) is 6.92 Å². The second kappa shape index (κ2) is 10.3. The molecule has 0 aliphatic heterocycles. The van der Waals surface area contributed by atoms with Gasteiger partial charge in [-0.15, -0.1) is 0 Å². The normalized spacial score (nSPS) is 14.6. The highest BCUT2D eigenvalue weighted by molar-refractivity contribution is 5.76. The average molecular weight is 257 g/mol. The predicted octanol–water partition coefficient (Wildman–Crippen LogP) is 1.74. The van der Waals surface area contributed by atoms with Crippen LogP contribution < -0.4 is 11.1 Å². The number of hydrogen-bond acceptors (Lipinski definition) is 3. The van der Waals surface area contributed by atoms with E-state index in [4.69, 9.17) is 5.73 Å². The van der Waals surface area contributed by atoms with Gasteiger partial charge < -0.3 is 16.0 Å². The zero-order valence-electron chi connectivity index (χ0n) is 12.5. The molecule has 0 saturated heterocycles. The lowest BCUT2D eigenvalue weighted by molar-refractivity contribution is -0.122. The molecular formula is C14H31N3O. The second-order valence-electron chi connectivity index (χ2n) is 5.01. The maximum absolute atomic E-state index is 11.6. The van der Waals surface area contributed by atoms with Crippen molar-refractivity contribution >= 4 is 5.91 Å². The number of nitrogens with zero attached hydrogens (tertiary/aromatic N) is 1. The van der Waals surface area contributed by atoms with Crippen LogP contribution in [0.15, 0.2) is 0 Å². The Labute approximate surface area is 112 Å². The summed E-state index contributed by atoms with van der Waals surface area (Å²) in [7, 11) is 0. The van der Waals surface area contributed by atoms with Gasteiger partial charge in [-0.2, -0.15) is 0 Å². The van der Waals surface area contributed by atoms with Gasteiger partial charge in [0, 0.05) is 18.5 Å². The fourth-order valence-corrected chi connectivity index (χ4v) is 1.95. The first kappa shape index (κ1) is 17.4. The van der Waals surface area contributed by atoms with E-state index in [1.165, 1.54) is 0 Å². The molecule has 0 saturated carbocycles. The lowest BCUT2D eigenvalue weighted by Gasteiger charge is -2.20. The van der Waals surface area contributed by atoms with E-state index >= 15 is 0 Å². The fraction of sp³-hybridized carbons (Fsp3) is 0.929. The first-order valence-corrected chi connectivity index (χ1v) is 7.30. The van der Waals surface area contributed by atoms with Gasteiger partial charge in [0.25, 0.3) is 0 Å². The van der Waals surface area contributed by atoms with E-state index in [2.05, 4.69) is 31.0 Å². The Morgan fingerprint density at radius 1 is 1.28 bits per heavy atom. The first-order valence-electron chi connectivity index (χ1n) is 7.30. The molecule has 0 fully saturated rings. The van der Waals surface area contributed by atoms with E-state index < -0.39 is 0 Å². The number of amides is 1. The topological polar surface area (TPSA) is 58.4 Å². The van der Waals surface area contributed by atoms with Gasteiger partial charge in [0.2, 0.25) is 5.91 Å². The number of carbonyl (C=O) groups excluding carboxylic acids is 1. The lowest BCUT2D eigenvalue weighted by Crippen LogP contribution is -2.37. The standard InChI is InChI=1S/C14H31N3O/c1-5-13(15)11-14(18)16-12(4)9-8-10-17(6-2)7-3/h12-13H,5-11,15H2,1-4H3,(H,16,18). The predicted molar refractivity (Wildman–Crippen MR) is 77.5 cm³/mol. The highest BCUT2D eigenvalue weighted by Crippen LogP contribution is 2.01. The SMILES string of the molecule is CCC(N)CC(=O)NC(C)CCCN(CC)CC. The van der Waals surface area contributed by atoms with Crippen LogP contribution in [0.3, 0.4) is 0 Å². The second-order valence-corrected chi connectivity index (χ2v) is 5.01. The molecule has 4 heteroatoms. The smallest absolute Gasteiger partial charge is 0.221 e. The summed E-state index contributed by atoms with van der Waals surface area (Å²) >= 11 is 0. The van der Waals surface area contributed by atoms with E-state index in [0.29, 0.717) is 6.42 Å². The van der Waals surface area contributed by atoms with E-state index in [9.17, 15) is 4.79 Å². The summed E-state index contributed by atoms with van der Waals surface area (Å²) in [6.45, 7) is 11.7. The van der Waals surface area contributed by atoms with Gasteiger partial charge >= 0.3 is 0 Å². The third-order valence-corrected chi connectivity index (χ3v) is 3.39. The van der Waals surface area contributed by atoms with Gasteiger partial charge in [-0.05, 0) is 45.8 Å². The van der Waals surface area contributed by atoms with Crippen LogP contribution in [0.5, 0.6) is 0 Å². The molecule has 0 spiro atoms. The molecule has 0 rings (SSSR count). The molecule has 0 aliphatic rings. The zero-order valence-corrected chi connectivity index (χ0v) is 12.5. The van der Waals surface area contributed by atoms with Crippen molar-refractivity contribution < 1.29 is 4.79 Å². The van der Waals surface area contributed by atoms with Gasteiger partial charge in [0.1, 0.15) is 0 Å². The highest BCUT2D eigenvalue weighted by atomic mass is 16.1. The minimum atomic E-state index is -0.00660. The molecule has 1 amide bonds. The molecule has 0 aromatic heterocycles. The Morgan fingerprint density at radius 2 is 1.89 bits per heavy atom. The van der Waals surface area contributed by atoms with Crippen molar-refractivity contribution in [3.8, 4) is 0 Å². The maximum Gasteiger partial charge on any atom is 0.221 e. The molecule has 108 valence electrons. The lowest BCUT2D eigenvalue weighted by atomic mass is 10.1. The average Bonchev–Trinajstić information content (AvgIpc) is 2.34. The Kier molecular flexibility index (Phi) is 9.98. The number of nitrogens with two attached hydrogens (primary N) is 1. The van der Waals surface area contributed by atoms with Gasteiger partial charge in [-0.3, -0.25) is 4.79 Å². The van der Waals surface area contributed by atoms with Crippen molar-refractivity contribution in [2.75, 3.05) is 19.6 Å². The summed E-state index contributed by atoms with van der Waals surface area (Å²) in [5, 5.41) is 3.02. The molecule has 2 atom stereocenters. The van der Waals surface area contributed by atoms with Crippen molar-refractivity contribution in [3.05, 3.63) is 0 Å². The van der Waals surface area contributed by atoms with Crippen LogP contribution in [-0.4, -0.2) is 42.5 Å². The van der Waals surface area contributed by atoms with Gasteiger partial charge in [-0.25, -0.2) is 0 Å². The van der Waals surface area contributed by atoms with Crippen molar-refractivity contribution in [1.82, 2.24) is 10.2 Å². The summed E-state index contributed by atoms with van der Waals surface area (Å²) < 4.78 is 0. The van der Waals surface area contributed by atoms with E-state index in [1.54, 1.807) is 0 Å². The van der Waals surface area contributed by atoms with Gasteiger partial charge in [0.15, 0.2) is 0 Å². The summed E-state index contributed by atoms with van der Waals surface area (Å²) in [4.78, 5) is 14.0. The largest absolute Gasteiger partial charge is 0.354 e. The van der Waals surface area contributed by atoms with Crippen molar-refractivity contribution in [2.24, 2.45) is 5.73 Å². The van der Waals surface area contributed by atoms with E-state index in [0.717, 1.165) is 38.9 Å². The molecule has 18 heavy (non-hydrogen) atoms. The summed E-state index contributed by atoms with van der Waals surface area (Å²) in [6, 6.07) is 0.241. The van der Waals surface area contributed by atoms with Crippen LogP contribution in [0.25, 0.3) is 0 Å². The fourth-order valence-electron chi connectivity index (χ4n) is 1.95. The van der Waals surface area contributed by atoms with Crippen LogP contribution in [0, 0.1) is 0 Å². The molecule has 0 aromatic carbocycles. The molecule has 0 bridgehead atoms. The minimum absolute atomic E-state index is 0.00660. The number of hydrogen-bond donors (Lipinski definition) is 2. The third kappa shape index (κ3) is 8.48. The monoisotopic (exact) mass is 257 g/mol. The first-order chi connectivity index (χ1) is 8.53. The Hall–Kier alpha value is -0.610. The molecule has 4 nitrogen and oxygen atoms in total. The number of nitrogens with one attached hydrogen (secondary N) is 1. The quantitative estimate of drug-likeness (QED) is 0.627. The van der Waals surface area contributed by atoms with Crippen LogP contribution in [0.2, 0.25) is 0 Å². The summed E-state index contributed by atoms with van der Waals surface area (Å²) in [5.74, 6) is 0.0830. The van der Waals surface area contributed by atoms with Crippen LogP contribution in [0.4, 0.5) is 0 Å². The van der Waals surface area contributed by atoms with Crippen molar-refractivity contribution in [1.29, 1.82) is 0 Å². The van der Waals surface area contributed by atoms with E-state index in [-0.39, 0.29) is 18.0 Å². The Morgan fingerprint density at radius 3 is 2.39 bits per heavy atom. The number of rotatable bonds is 10. The molecule has 0 aliphatic carbocycles. The zero-order chi connectivity index (χ0) is 14.0. The Bertz CT molecular complexity index is 217. The summed E-state index contributed by atoms with van der Waals surface area (Å²) in [5.41, 5.74) is 5.76. The molecule has 0 radical (unpaired) electrons.